The van der Waals surface area contributed by atoms with E-state index < -0.39 is 0 Å². The molecular weight excluding hydrogens is 300 g/mol. The summed E-state index contributed by atoms with van der Waals surface area (Å²) in [5.74, 6) is 0.484. The number of rotatable bonds is 5. The highest BCUT2D eigenvalue weighted by molar-refractivity contribution is 6.31. The van der Waals surface area contributed by atoms with Crippen LogP contribution in [0.3, 0.4) is 0 Å². The van der Waals surface area contributed by atoms with E-state index in [-0.39, 0.29) is 12.5 Å². The molecule has 0 aliphatic heterocycles. The lowest BCUT2D eigenvalue weighted by molar-refractivity contribution is -0.114. The van der Waals surface area contributed by atoms with Crippen molar-refractivity contribution in [3.05, 3.63) is 52.5 Å². The van der Waals surface area contributed by atoms with E-state index >= 15 is 0 Å². The first-order chi connectivity index (χ1) is 10.5. The third-order valence-electron chi connectivity index (χ3n) is 3.25. The Kier molecular flexibility index (Phi) is 5.28. The van der Waals surface area contributed by atoms with E-state index in [1.54, 1.807) is 13.2 Å². The second kappa shape index (κ2) is 7.18. The Morgan fingerprint density at radius 3 is 2.64 bits per heavy atom. The molecule has 4 nitrogen and oxygen atoms in total. The van der Waals surface area contributed by atoms with Gasteiger partial charge < -0.3 is 15.4 Å². The van der Waals surface area contributed by atoms with Gasteiger partial charge >= 0.3 is 0 Å². The molecule has 0 fully saturated rings. The second-order valence-electron chi connectivity index (χ2n) is 5.07. The topological polar surface area (TPSA) is 50.4 Å². The zero-order chi connectivity index (χ0) is 16.1. The third kappa shape index (κ3) is 4.15. The van der Waals surface area contributed by atoms with E-state index in [0.717, 1.165) is 16.8 Å². The number of hydrogen-bond acceptors (Lipinski definition) is 3. The Bertz CT molecular complexity index is 686. The standard InChI is InChI=1S/C17H19ClN2O2/c1-11-4-7-16(22-3)15(8-11)20-17(21)10-19-13-6-5-12(2)14(18)9-13/h4-9,19H,10H2,1-3H3,(H,20,21). The quantitative estimate of drug-likeness (QED) is 0.875. The number of methoxy groups -OCH3 is 1. The molecule has 0 spiro atoms. The summed E-state index contributed by atoms with van der Waals surface area (Å²) >= 11 is 6.06. The molecule has 116 valence electrons. The van der Waals surface area contributed by atoms with Crippen LogP contribution < -0.4 is 15.4 Å². The Balaban J connectivity index is 1.98. The van der Waals surface area contributed by atoms with Gasteiger partial charge in [0.05, 0.1) is 19.3 Å². The number of carbonyl (C=O) groups is 1. The molecule has 2 aromatic rings. The van der Waals surface area contributed by atoms with Crippen LogP contribution in [-0.2, 0) is 4.79 Å². The molecule has 2 aromatic carbocycles. The van der Waals surface area contributed by atoms with Gasteiger partial charge in [-0.15, -0.1) is 0 Å². The molecule has 0 atom stereocenters. The summed E-state index contributed by atoms with van der Waals surface area (Å²) in [6.45, 7) is 4.04. The summed E-state index contributed by atoms with van der Waals surface area (Å²) in [5.41, 5.74) is 3.52. The predicted molar refractivity (Wildman–Crippen MR) is 91.0 cm³/mol. The van der Waals surface area contributed by atoms with Crippen molar-refractivity contribution in [2.24, 2.45) is 0 Å². The molecule has 2 N–H and O–H groups in total. The molecule has 0 unspecified atom stereocenters. The van der Waals surface area contributed by atoms with Crippen LogP contribution in [0.1, 0.15) is 11.1 Å². The minimum atomic E-state index is -0.152. The van der Waals surface area contributed by atoms with E-state index in [1.165, 1.54) is 0 Å². The number of carbonyl (C=O) groups excluding carboxylic acids is 1. The molecule has 0 radical (unpaired) electrons. The summed E-state index contributed by atoms with van der Waals surface area (Å²) in [4.78, 5) is 12.1. The van der Waals surface area contributed by atoms with Gasteiger partial charge in [0.25, 0.3) is 0 Å². The van der Waals surface area contributed by atoms with Gasteiger partial charge in [-0.3, -0.25) is 4.79 Å². The average molecular weight is 319 g/mol. The molecule has 0 aromatic heterocycles. The minimum Gasteiger partial charge on any atom is -0.495 e. The first-order valence-electron chi connectivity index (χ1n) is 6.94. The molecule has 0 aliphatic carbocycles. The summed E-state index contributed by atoms with van der Waals surface area (Å²) in [7, 11) is 1.58. The summed E-state index contributed by atoms with van der Waals surface area (Å²) in [5, 5.41) is 6.56. The highest BCUT2D eigenvalue weighted by Gasteiger charge is 2.08. The monoisotopic (exact) mass is 318 g/mol. The van der Waals surface area contributed by atoms with Gasteiger partial charge in [-0.2, -0.15) is 0 Å². The molecule has 0 saturated carbocycles. The molecule has 0 aliphatic rings. The Morgan fingerprint density at radius 1 is 1.18 bits per heavy atom. The predicted octanol–water partition coefficient (Wildman–Crippen LogP) is 4.02. The number of halogens is 1. The van der Waals surface area contributed by atoms with E-state index in [1.807, 2.05) is 44.2 Å². The van der Waals surface area contributed by atoms with E-state index in [2.05, 4.69) is 10.6 Å². The first kappa shape index (κ1) is 16.2. The van der Waals surface area contributed by atoms with E-state index in [0.29, 0.717) is 16.5 Å². The molecule has 1 amide bonds. The Morgan fingerprint density at radius 2 is 1.95 bits per heavy atom. The lowest BCUT2D eigenvalue weighted by Crippen LogP contribution is -2.22. The van der Waals surface area contributed by atoms with Gasteiger partial charge in [0, 0.05) is 10.7 Å². The normalized spacial score (nSPS) is 10.2. The first-order valence-corrected chi connectivity index (χ1v) is 7.32. The van der Waals surface area contributed by atoms with Crippen LogP contribution in [0.15, 0.2) is 36.4 Å². The van der Waals surface area contributed by atoms with Crippen LogP contribution in [0.2, 0.25) is 5.02 Å². The van der Waals surface area contributed by atoms with Gasteiger partial charge in [0.2, 0.25) is 5.91 Å². The van der Waals surface area contributed by atoms with Crippen LogP contribution in [0, 0.1) is 13.8 Å². The van der Waals surface area contributed by atoms with Crippen LogP contribution in [0.5, 0.6) is 5.75 Å². The fraction of sp³-hybridized carbons (Fsp3) is 0.235. The molecule has 5 heteroatoms. The van der Waals surface area contributed by atoms with Crippen molar-refractivity contribution in [2.45, 2.75) is 13.8 Å². The molecule has 2 rings (SSSR count). The van der Waals surface area contributed by atoms with Crippen LogP contribution in [0.25, 0.3) is 0 Å². The van der Waals surface area contributed by atoms with Crippen molar-refractivity contribution in [1.82, 2.24) is 0 Å². The smallest absolute Gasteiger partial charge is 0.243 e. The fourth-order valence-corrected chi connectivity index (χ4v) is 2.18. The molecule has 22 heavy (non-hydrogen) atoms. The van der Waals surface area contributed by atoms with Crippen LogP contribution in [0.4, 0.5) is 11.4 Å². The number of ether oxygens (including phenoxy) is 1. The van der Waals surface area contributed by atoms with Crippen molar-refractivity contribution in [1.29, 1.82) is 0 Å². The van der Waals surface area contributed by atoms with E-state index in [4.69, 9.17) is 16.3 Å². The number of hydrogen-bond donors (Lipinski definition) is 2. The van der Waals surface area contributed by atoms with Gasteiger partial charge in [0.1, 0.15) is 5.75 Å². The van der Waals surface area contributed by atoms with Crippen molar-refractivity contribution in [2.75, 3.05) is 24.3 Å². The Hall–Kier alpha value is -2.20. The van der Waals surface area contributed by atoms with Gasteiger partial charge in [-0.05, 0) is 49.2 Å². The van der Waals surface area contributed by atoms with Crippen molar-refractivity contribution >= 4 is 28.9 Å². The second-order valence-corrected chi connectivity index (χ2v) is 5.48. The maximum Gasteiger partial charge on any atom is 0.243 e. The molecular formula is C17H19ClN2O2. The molecule has 0 heterocycles. The highest BCUT2D eigenvalue weighted by atomic mass is 35.5. The lowest BCUT2D eigenvalue weighted by atomic mass is 10.2. The van der Waals surface area contributed by atoms with E-state index in [9.17, 15) is 4.79 Å². The fourth-order valence-electron chi connectivity index (χ4n) is 2.00. The van der Waals surface area contributed by atoms with Crippen molar-refractivity contribution < 1.29 is 9.53 Å². The van der Waals surface area contributed by atoms with Gasteiger partial charge in [0.15, 0.2) is 0 Å². The Labute approximate surface area is 135 Å². The number of benzene rings is 2. The van der Waals surface area contributed by atoms with Crippen LogP contribution >= 0.6 is 11.6 Å². The van der Waals surface area contributed by atoms with Crippen molar-refractivity contribution in [3.8, 4) is 5.75 Å². The van der Waals surface area contributed by atoms with Crippen LogP contribution in [-0.4, -0.2) is 19.6 Å². The largest absolute Gasteiger partial charge is 0.495 e. The maximum atomic E-state index is 12.1. The highest BCUT2D eigenvalue weighted by Crippen LogP contribution is 2.25. The molecule has 0 bridgehead atoms. The SMILES string of the molecule is COc1ccc(C)cc1NC(=O)CNc1ccc(C)c(Cl)c1. The number of nitrogens with one attached hydrogen (secondary N) is 2. The number of anilines is 2. The lowest BCUT2D eigenvalue weighted by Gasteiger charge is -2.12. The zero-order valence-electron chi connectivity index (χ0n) is 12.9. The van der Waals surface area contributed by atoms with Gasteiger partial charge in [-0.25, -0.2) is 0 Å². The summed E-state index contributed by atoms with van der Waals surface area (Å²) in [6.07, 6.45) is 0. The van der Waals surface area contributed by atoms with Gasteiger partial charge in [-0.1, -0.05) is 23.7 Å². The summed E-state index contributed by atoms with van der Waals surface area (Å²) in [6, 6.07) is 11.2. The zero-order valence-corrected chi connectivity index (χ0v) is 13.6. The number of aryl methyl sites for hydroxylation is 2. The summed E-state index contributed by atoms with van der Waals surface area (Å²) < 4.78 is 5.24. The third-order valence-corrected chi connectivity index (χ3v) is 3.66. The maximum absolute atomic E-state index is 12.1. The minimum absolute atomic E-state index is 0.149. The van der Waals surface area contributed by atoms with Crippen molar-refractivity contribution in [3.63, 3.8) is 0 Å². The molecule has 0 saturated heterocycles. The number of amides is 1. The average Bonchev–Trinajstić information content (AvgIpc) is 2.49.